The van der Waals surface area contributed by atoms with Crippen molar-refractivity contribution in [1.82, 2.24) is 9.97 Å². The summed E-state index contributed by atoms with van der Waals surface area (Å²) in [4.78, 5) is 8.08. The lowest BCUT2D eigenvalue weighted by Crippen LogP contribution is -2.31. The monoisotopic (exact) mass is 407 g/mol. The molecule has 10 heteroatoms. The second-order valence-corrected chi connectivity index (χ2v) is 6.46. The second kappa shape index (κ2) is 5.26. The molecule has 2 unspecified atom stereocenters. The first kappa shape index (κ1) is 14.8. The number of nitrogens with zero attached hydrogens (tertiary/aromatic N) is 4. The minimum atomic E-state index is -0.920. The van der Waals surface area contributed by atoms with E-state index in [1.807, 2.05) is 0 Å². The number of hydrogen-bond acceptors (Lipinski definition) is 9. The van der Waals surface area contributed by atoms with Crippen molar-refractivity contribution in [2.45, 2.75) is 28.3 Å². The van der Waals surface area contributed by atoms with Gasteiger partial charge in [-0.2, -0.15) is 15.1 Å². The number of hydrogen-bond donors (Lipinski definition) is 3. The lowest BCUT2D eigenvalue weighted by Gasteiger charge is -2.26. The van der Waals surface area contributed by atoms with Gasteiger partial charge in [-0.05, 0) is 22.6 Å². The number of aliphatic hydroxyl groups is 2. The number of aromatic nitrogens is 2. The quantitative estimate of drug-likeness (QED) is 0.372. The summed E-state index contributed by atoms with van der Waals surface area (Å²) in [6.45, 7) is -0.260. The van der Waals surface area contributed by atoms with Crippen molar-refractivity contribution in [3.63, 3.8) is 0 Å². The van der Waals surface area contributed by atoms with Gasteiger partial charge < -0.3 is 25.4 Å². The van der Waals surface area contributed by atoms with E-state index in [2.05, 4.69) is 42.8 Å². The molecule has 0 saturated carbocycles. The molecule has 0 radical (unpaired) electrons. The molecule has 2 aliphatic rings. The third-order valence-corrected chi connectivity index (χ3v) is 4.99. The van der Waals surface area contributed by atoms with Crippen LogP contribution in [0.3, 0.4) is 0 Å². The number of halogens is 1. The number of methoxy groups -OCH3 is 1. The van der Waals surface area contributed by atoms with E-state index < -0.39 is 21.9 Å². The van der Waals surface area contributed by atoms with E-state index in [1.54, 1.807) is 0 Å². The summed E-state index contributed by atoms with van der Waals surface area (Å²) in [5, 5.41) is 27.4. The summed E-state index contributed by atoms with van der Waals surface area (Å²) in [6.07, 6.45) is -1.55. The van der Waals surface area contributed by atoms with E-state index in [0.717, 1.165) is 0 Å². The number of fused-ring (bicyclic) bond motifs is 1. The maximum Gasteiger partial charge on any atom is 0.227 e. The van der Waals surface area contributed by atoms with Crippen molar-refractivity contribution in [3.8, 4) is 5.88 Å². The Morgan fingerprint density at radius 2 is 2.29 bits per heavy atom. The van der Waals surface area contributed by atoms with Gasteiger partial charge in [-0.15, -0.1) is 5.11 Å². The summed E-state index contributed by atoms with van der Waals surface area (Å²) < 4.78 is 10.0. The summed E-state index contributed by atoms with van der Waals surface area (Å²) in [7, 11) is 1.47. The first-order valence-electron chi connectivity index (χ1n) is 6.27. The van der Waals surface area contributed by atoms with Crippen LogP contribution in [-0.4, -0.2) is 52.2 Å². The number of aliphatic hydroxyl groups excluding tert-OH is 2. The van der Waals surface area contributed by atoms with E-state index in [4.69, 9.17) is 15.2 Å². The molecule has 1 aromatic heterocycles. The average Bonchev–Trinajstić information content (AvgIpc) is 3.00. The van der Waals surface area contributed by atoms with E-state index in [9.17, 15) is 10.2 Å². The molecule has 2 aliphatic heterocycles. The highest BCUT2D eigenvalue weighted by molar-refractivity contribution is 14.1. The Balaban J connectivity index is 2.02. The molecule has 1 saturated heterocycles. The standard InChI is InChI=1S/C11H14IN5O4/c1-20-9-7-8(14-10(13)15-9)16-17-11(7,12)6-2-4(19)5(3-18)21-6/h4-6,18-19H,2-3H2,1H3,(H2,13,14,15)/t4?,5-,6-,11?/m1/s1. The van der Waals surface area contributed by atoms with Crippen molar-refractivity contribution in [1.29, 1.82) is 0 Å². The van der Waals surface area contributed by atoms with Crippen LogP contribution in [0.1, 0.15) is 12.0 Å². The molecule has 0 bridgehead atoms. The van der Waals surface area contributed by atoms with E-state index in [-0.39, 0.29) is 18.4 Å². The van der Waals surface area contributed by atoms with Crippen LogP contribution >= 0.6 is 22.6 Å². The lowest BCUT2D eigenvalue weighted by atomic mass is 10.0. The molecule has 4 N–H and O–H groups in total. The van der Waals surface area contributed by atoms with E-state index in [0.29, 0.717) is 17.8 Å². The zero-order valence-corrected chi connectivity index (χ0v) is 13.3. The van der Waals surface area contributed by atoms with Gasteiger partial charge in [-0.1, -0.05) is 0 Å². The van der Waals surface area contributed by atoms with Crippen LogP contribution in [0, 0.1) is 0 Å². The van der Waals surface area contributed by atoms with Gasteiger partial charge in [0.25, 0.3) is 0 Å². The van der Waals surface area contributed by atoms with Gasteiger partial charge in [-0.25, -0.2) is 0 Å². The molecule has 3 rings (SSSR count). The molecular formula is C11H14IN5O4. The zero-order valence-electron chi connectivity index (χ0n) is 11.1. The fraction of sp³-hybridized carbons (Fsp3) is 0.636. The highest BCUT2D eigenvalue weighted by Gasteiger charge is 2.53. The van der Waals surface area contributed by atoms with Gasteiger partial charge in [0, 0.05) is 6.42 Å². The zero-order chi connectivity index (χ0) is 15.2. The second-order valence-electron chi connectivity index (χ2n) is 4.81. The Kier molecular flexibility index (Phi) is 3.71. The Morgan fingerprint density at radius 1 is 1.52 bits per heavy atom. The van der Waals surface area contributed by atoms with Crippen molar-refractivity contribution in [2.24, 2.45) is 10.2 Å². The van der Waals surface area contributed by atoms with Gasteiger partial charge in [0.1, 0.15) is 17.8 Å². The van der Waals surface area contributed by atoms with Crippen LogP contribution in [0.4, 0.5) is 11.8 Å². The van der Waals surface area contributed by atoms with Gasteiger partial charge in [0.2, 0.25) is 11.8 Å². The van der Waals surface area contributed by atoms with Crippen LogP contribution in [0.15, 0.2) is 10.2 Å². The van der Waals surface area contributed by atoms with Crippen molar-refractivity contribution < 1.29 is 19.7 Å². The highest BCUT2D eigenvalue weighted by Crippen LogP contribution is 2.53. The lowest BCUT2D eigenvalue weighted by molar-refractivity contribution is -0.0303. The molecule has 114 valence electrons. The maximum absolute atomic E-state index is 9.91. The first-order valence-corrected chi connectivity index (χ1v) is 7.35. The van der Waals surface area contributed by atoms with Gasteiger partial charge >= 0.3 is 0 Å². The Labute approximate surface area is 133 Å². The van der Waals surface area contributed by atoms with E-state index >= 15 is 0 Å². The van der Waals surface area contributed by atoms with Crippen LogP contribution in [0.5, 0.6) is 5.88 Å². The summed E-state index contributed by atoms with van der Waals surface area (Å²) >= 11 is 2.08. The minimum Gasteiger partial charge on any atom is -0.481 e. The molecule has 0 amide bonds. The van der Waals surface area contributed by atoms with Gasteiger partial charge in [0.05, 0.1) is 19.8 Å². The van der Waals surface area contributed by atoms with E-state index in [1.165, 1.54) is 7.11 Å². The number of nitrogen functional groups attached to an aromatic ring is 1. The number of nitrogens with two attached hydrogens (primary N) is 1. The third kappa shape index (κ3) is 2.25. The number of ether oxygens (including phenoxy) is 2. The van der Waals surface area contributed by atoms with Gasteiger partial charge in [-0.3, -0.25) is 0 Å². The van der Waals surface area contributed by atoms with Crippen molar-refractivity contribution >= 4 is 34.4 Å². The fourth-order valence-electron chi connectivity index (χ4n) is 2.51. The number of alkyl halides is 1. The molecule has 1 aromatic rings. The predicted molar refractivity (Wildman–Crippen MR) is 79.6 cm³/mol. The number of rotatable bonds is 3. The van der Waals surface area contributed by atoms with Crippen molar-refractivity contribution in [2.75, 3.05) is 19.5 Å². The van der Waals surface area contributed by atoms with Crippen LogP contribution < -0.4 is 10.5 Å². The molecule has 0 aliphatic carbocycles. The van der Waals surface area contributed by atoms with Gasteiger partial charge in [0.15, 0.2) is 9.36 Å². The molecule has 0 aromatic carbocycles. The average molecular weight is 407 g/mol. The normalized spacial score (nSPS) is 34.2. The predicted octanol–water partition coefficient (Wildman–Crippen LogP) is 0.263. The Bertz CT molecular complexity index is 600. The molecule has 1 fully saturated rings. The SMILES string of the molecule is COc1nc(N)nc2c1C(I)([C@H]1CC(O)[C@@H](CO)O1)N=N2. The minimum absolute atomic E-state index is 0.0470. The molecule has 3 heterocycles. The molecule has 21 heavy (non-hydrogen) atoms. The highest BCUT2D eigenvalue weighted by atomic mass is 127. The van der Waals surface area contributed by atoms with Crippen LogP contribution in [0.25, 0.3) is 0 Å². The number of anilines is 1. The maximum atomic E-state index is 9.91. The Morgan fingerprint density at radius 3 is 2.90 bits per heavy atom. The summed E-state index contributed by atoms with van der Waals surface area (Å²) in [6, 6.07) is 0. The fourth-order valence-corrected chi connectivity index (χ4v) is 3.49. The third-order valence-electron chi connectivity index (χ3n) is 3.54. The van der Waals surface area contributed by atoms with Crippen molar-refractivity contribution in [3.05, 3.63) is 5.56 Å². The Hall–Kier alpha value is -1.11. The first-order chi connectivity index (χ1) is 9.99. The molecule has 9 nitrogen and oxygen atoms in total. The smallest absolute Gasteiger partial charge is 0.227 e. The summed E-state index contributed by atoms with van der Waals surface area (Å²) in [5.41, 5.74) is 6.17. The van der Waals surface area contributed by atoms with Crippen LogP contribution in [-0.2, 0) is 8.28 Å². The molecular weight excluding hydrogens is 393 g/mol. The number of azo groups is 1. The summed E-state index contributed by atoms with van der Waals surface area (Å²) in [5.74, 6) is 0.660. The molecule has 0 spiro atoms. The largest absolute Gasteiger partial charge is 0.481 e. The topological polar surface area (TPSA) is 135 Å². The molecule has 4 atom stereocenters. The van der Waals surface area contributed by atoms with Crippen LogP contribution in [0.2, 0.25) is 0 Å².